The van der Waals surface area contributed by atoms with E-state index in [1.807, 2.05) is 43.0 Å². The molecule has 0 spiro atoms. The third-order valence-corrected chi connectivity index (χ3v) is 5.79. The Balaban J connectivity index is 1.98. The number of thioether (sulfide) groups is 1. The minimum atomic E-state index is -0.315. The van der Waals surface area contributed by atoms with Gasteiger partial charge in [0, 0.05) is 16.3 Å². The predicted octanol–water partition coefficient (Wildman–Crippen LogP) is 4.47. The average Bonchev–Trinajstić information content (AvgIpc) is 3.22. The SMILES string of the molecule is CCCCSc1nc2n(n1)C(c1cccs1)C(C(=O)OC(C)C)=C(C)N2. The molecule has 0 aromatic carbocycles. The van der Waals surface area contributed by atoms with Crippen molar-refractivity contribution in [3.05, 3.63) is 33.7 Å². The average molecular weight is 393 g/mol. The van der Waals surface area contributed by atoms with Gasteiger partial charge in [-0.1, -0.05) is 31.2 Å². The minimum absolute atomic E-state index is 0.177. The second-order valence-corrected chi connectivity index (χ2v) is 8.44. The highest BCUT2D eigenvalue weighted by Crippen LogP contribution is 2.38. The van der Waals surface area contributed by atoms with Gasteiger partial charge in [0.25, 0.3) is 0 Å². The van der Waals surface area contributed by atoms with E-state index in [-0.39, 0.29) is 18.1 Å². The maximum absolute atomic E-state index is 12.8. The molecule has 0 fully saturated rings. The van der Waals surface area contributed by atoms with E-state index in [0.717, 1.165) is 34.3 Å². The summed E-state index contributed by atoms with van der Waals surface area (Å²) in [5.74, 6) is 1.34. The normalized spacial score (nSPS) is 16.6. The monoisotopic (exact) mass is 392 g/mol. The lowest BCUT2D eigenvalue weighted by Gasteiger charge is -2.27. The summed E-state index contributed by atoms with van der Waals surface area (Å²) in [6, 6.07) is 3.69. The zero-order valence-corrected chi connectivity index (χ0v) is 17.1. The zero-order chi connectivity index (χ0) is 18.7. The van der Waals surface area contributed by atoms with Crippen LogP contribution in [0.3, 0.4) is 0 Å². The van der Waals surface area contributed by atoms with Crippen LogP contribution >= 0.6 is 23.1 Å². The lowest BCUT2D eigenvalue weighted by molar-refractivity contribution is -0.143. The van der Waals surface area contributed by atoms with Crippen molar-refractivity contribution in [2.75, 3.05) is 11.1 Å². The molecular weight excluding hydrogens is 368 g/mol. The Morgan fingerprint density at radius 3 is 2.96 bits per heavy atom. The van der Waals surface area contributed by atoms with E-state index >= 15 is 0 Å². The number of carbonyl (C=O) groups excluding carboxylic acids is 1. The molecule has 0 bridgehead atoms. The third kappa shape index (κ3) is 3.96. The summed E-state index contributed by atoms with van der Waals surface area (Å²) < 4.78 is 7.30. The number of ether oxygens (including phenoxy) is 1. The van der Waals surface area contributed by atoms with Gasteiger partial charge in [0.15, 0.2) is 0 Å². The lowest BCUT2D eigenvalue weighted by atomic mass is 10.0. The van der Waals surface area contributed by atoms with Gasteiger partial charge < -0.3 is 10.1 Å². The molecule has 1 unspecified atom stereocenters. The first kappa shape index (κ1) is 19.0. The second kappa shape index (κ2) is 8.26. The van der Waals surface area contributed by atoms with Gasteiger partial charge in [-0.2, -0.15) is 4.98 Å². The molecule has 2 aromatic rings. The molecule has 0 aliphatic carbocycles. The van der Waals surface area contributed by atoms with Gasteiger partial charge in [-0.05, 0) is 38.6 Å². The predicted molar refractivity (Wildman–Crippen MR) is 106 cm³/mol. The van der Waals surface area contributed by atoms with Gasteiger partial charge in [-0.25, -0.2) is 9.48 Å². The molecule has 0 amide bonds. The van der Waals surface area contributed by atoms with Gasteiger partial charge in [0.05, 0.1) is 11.7 Å². The van der Waals surface area contributed by atoms with Gasteiger partial charge in [0.2, 0.25) is 11.1 Å². The molecule has 1 N–H and O–H groups in total. The molecule has 140 valence electrons. The molecular formula is C18H24N4O2S2. The number of hydrogen-bond donors (Lipinski definition) is 1. The zero-order valence-electron chi connectivity index (χ0n) is 15.5. The Labute approximate surface area is 162 Å². The van der Waals surface area contributed by atoms with Crippen LogP contribution < -0.4 is 5.32 Å². The fourth-order valence-corrected chi connectivity index (χ4v) is 4.48. The number of rotatable bonds is 7. The third-order valence-electron chi connectivity index (χ3n) is 3.94. The van der Waals surface area contributed by atoms with E-state index in [9.17, 15) is 4.79 Å². The van der Waals surface area contributed by atoms with Gasteiger partial charge in [0.1, 0.15) is 6.04 Å². The molecule has 1 aliphatic heterocycles. The van der Waals surface area contributed by atoms with Crippen molar-refractivity contribution in [3.8, 4) is 0 Å². The summed E-state index contributed by atoms with van der Waals surface area (Å²) in [5.41, 5.74) is 1.35. The molecule has 8 heteroatoms. The molecule has 0 radical (unpaired) electrons. The molecule has 1 aliphatic rings. The number of anilines is 1. The quantitative estimate of drug-likeness (QED) is 0.426. The molecule has 26 heavy (non-hydrogen) atoms. The van der Waals surface area contributed by atoms with E-state index in [1.54, 1.807) is 23.1 Å². The van der Waals surface area contributed by atoms with Crippen molar-refractivity contribution in [1.82, 2.24) is 14.8 Å². The van der Waals surface area contributed by atoms with Crippen molar-refractivity contribution in [3.63, 3.8) is 0 Å². The number of esters is 1. The van der Waals surface area contributed by atoms with Crippen molar-refractivity contribution < 1.29 is 9.53 Å². The van der Waals surface area contributed by atoms with Crippen LogP contribution in [0.2, 0.25) is 0 Å². The van der Waals surface area contributed by atoms with Crippen LogP contribution in [-0.2, 0) is 9.53 Å². The Bertz CT molecular complexity index is 796. The van der Waals surface area contributed by atoms with Crippen LogP contribution in [0.25, 0.3) is 0 Å². The van der Waals surface area contributed by atoms with Crippen LogP contribution in [0.4, 0.5) is 5.95 Å². The highest BCUT2D eigenvalue weighted by molar-refractivity contribution is 7.99. The Hall–Kier alpha value is -1.80. The maximum atomic E-state index is 12.8. The van der Waals surface area contributed by atoms with Crippen LogP contribution in [0.5, 0.6) is 0 Å². The number of thiophene rings is 1. The van der Waals surface area contributed by atoms with E-state index < -0.39 is 0 Å². The minimum Gasteiger partial charge on any atom is -0.459 e. The molecule has 3 rings (SSSR count). The van der Waals surface area contributed by atoms with E-state index in [4.69, 9.17) is 4.74 Å². The van der Waals surface area contributed by atoms with E-state index in [1.165, 1.54) is 0 Å². The highest BCUT2D eigenvalue weighted by atomic mass is 32.2. The standard InChI is InChI=1S/C18H24N4O2S2/c1-5-6-9-26-18-20-17-19-12(4)14(16(23)24-11(2)3)15(22(17)21-18)13-8-7-10-25-13/h7-8,10-11,15H,5-6,9H2,1-4H3,(H,19,20,21). The van der Waals surface area contributed by atoms with E-state index in [0.29, 0.717) is 11.5 Å². The van der Waals surface area contributed by atoms with Crippen molar-refractivity contribution >= 4 is 35.0 Å². The Morgan fingerprint density at radius 1 is 1.50 bits per heavy atom. The summed E-state index contributed by atoms with van der Waals surface area (Å²) in [7, 11) is 0. The summed E-state index contributed by atoms with van der Waals surface area (Å²) in [4.78, 5) is 18.4. The largest absolute Gasteiger partial charge is 0.459 e. The topological polar surface area (TPSA) is 69.0 Å². The Kier molecular flexibility index (Phi) is 6.03. The van der Waals surface area contributed by atoms with Crippen LogP contribution in [0.15, 0.2) is 33.9 Å². The molecule has 3 heterocycles. The number of aromatic nitrogens is 3. The Morgan fingerprint density at radius 2 is 2.31 bits per heavy atom. The lowest BCUT2D eigenvalue weighted by Crippen LogP contribution is -2.30. The van der Waals surface area contributed by atoms with Crippen molar-refractivity contribution in [2.45, 2.75) is 57.8 Å². The summed E-state index contributed by atoms with van der Waals surface area (Å²) in [6.45, 7) is 7.77. The van der Waals surface area contributed by atoms with Crippen molar-refractivity contribution in [2.24, 2.45) is 0 Å². The first-order valence-corrected chi connectivity index (χ1v) is 10.7. The maximum Gasteiger partial charge on any atom is 0.338 e. The molecule has 2 aromatic heterocycles. The van der Waals surface area contributed by atoms with Gasteiger partial charge in [-0.3, -0.25) is 0 Å². The van der Waals surface area contributed by atoms with Crippen LogP contribution in [0.1, 0.15) is 51.5 Å². The fourth-order valence-electron chi connectivity index (χ4n) is 2.75. The van der Waals surface area contributed by atoms with E-state index in [2.05, 4.69) is 22.3 Å². The first-order chi connectivity index (χ1) is 12.5. The number of carbonyl (C=O) groups is 1. The fraction of sp³-hybridized carbons (Fsp3) is 0.500. The summed E-state index contributed by atoms with van der Waals surface area (Å²) in [5, 5.41) is 10.6. The number of hydrogen-bond acceptors (Lipinski definition) is 7. The summed E-state index contributed by atoms with van der Waals surface area (Å²) >= 11 is 3.25. The molecule has 0 saturated heterocycles. The summed E-state index contributed by atoms with van der Waals surface area (Å²) in [6.07, 6.45) is 2.09. The first-order valence-electron chi connectivity index (χ1n) is 8.82. The second-order valence-electron chi connectivity index (χ2n) is 6.40. The van der Waals surface area contributed by atoms with Gasteiger partial charge in [-0.15, -0.1) is 16.4 Å². The van der Waals surface area contributed by atoms with Crippen LogP contribution in [-0.4, -0.2) is 32.6 Å². The molecule has 1 atom stereocenters. The van der Waals surface area contributed by atoms with Gasteiger partial charge >= 0.3 is 5.97 Å². The number of fused-ring (bicyclic) bond motifs is 1. The van der Waals surface area contributed by atoms with Crippen LogP contribution in [0, 0.1) is 0 Å². The number of allylic oxidation sites excluding steroid dienone is 1. The van der Waals surface area contributed by atoms with Crippen molar-refractivity contribution in [1.29, 1.82) is 0 Å². The number of nitrogens with one attached hydrogen (secondary N) is 1. The molecule has 0 saturated carbocycles. The highest BCUT2D eigenvalue weighted by Gasteiger charge is 2.36. The smallest absolute Gasteiger partial charge is 0.338 e. The molecule has 6 nitrogen and oxygen atoms in total. The number of unbranched alkanes of at least 4 members (excludes halogenated alkanes) is 1. The number of nitrogens with zero attached hydrogens (tertiary/aromatic N) is 3.